The van der Waals surface area contributed by atoms with E-state index >= 15 is 0 Å². The average molecular weight is 428 g/mol. The summed E-state index contributed by atoms with van der Waals surface area (Å²) in [5.41, 5.74) is 1.14. The van der Waals surface area contributed by atoms with Crippen LogP contribution in [0.5, 0.6) is 0 Å². The van der Waals surface area contributed by atoms with Crippen molar-refractivity contribution in [2.45, 2.75) is 53.7 Å². The van der Waals surface area contributed by atoms with Crippen molar-refractivity contribution in [2.24, 2.45) is 12.5 Å². The Morgan fingerprint density at radius 2 is 2.03 bits per heavy atom. The Morgan fingerprint density at radius 1 is 1.27 bits per heavy atom. The number of halogens is 1. The van der Waals surface area contributed by atoms with Gasteiger partial charge < -0.3 is 9.30 Å². The molecule has 0 aliphatic carbocycles. The smallest absolute Gasteiger partial charge is 0.312 e. The van der Waals surface area contributed by atoms with E-state index in [0.717, 1.165) is 25.0 Å². The quantitative estimate of drug-likeness (QED) is 0.258. The summed E-state index contributed by atoms with van der Waals surface area (Å²) in [6.07, 6.45) is 4.77. The van der Waals surface area contributed by atoms with Crippen molar-refractivity contribution in [3.8, 4) is 23.4 Å². The number of aromatic nitrogens is 5. The number of fused-ring (bicyclic) bond motifs is 1. The number of esters is 1. The van der Waals surface area contributed by atoms with Crippen molar-refractivity contribution >= 4 is 28.7 Å². The molecule has 0 atom stereocenters. The molecule has 0 bridgehead atoms. The summed E-state index contributed by atoms with van der Waals surface area (Å²) in [6.45, 7) is 7.50. The Balaban J connectivity index is 2.10. The molecule has 0 aromatic carbocycles. The summed E-state index contributed by atoms with van der Waals surface area (Å²) in [6, 6.07) is 3.84. The fraction of sp³-hybridized carbons (Fsp3) is 0.455. The van der Waals surface area contributed by atoms with Crippen LogP contribution >= 0.6 is 11.6 Å². The van der Waals surface area contributed by atoms with E-state index < -0.39 is 5.41 Å². The van der Waals surface area contributed by atoms with Crippen LogP contribution in [-0.2, 0) is 23.3 Å². The summed E-state index contributed by atoms with van der Waals surface area (Å²) in [7, 11) is 1.91. The van der Waals surface area contributed by atoms with Gasteiger partial charge in [-0.2, -0.15) is 0 Å². The third-order valence-corrected chi connectivity index (χ3v) is 4.78. The molecule has 0 radical (unpaired) electrons. The van der Waals surface area contributed by atoms with Gasteiger partial charge in [-0.3, -0.25) is 9.36 Å². The lowest BCUT2D eigenvalue weighted by Gasteiger charge is -2.17. The SMILES string of the molecule is CCCCC#Cc1nc(Cl)c2nc(-c3cccn3C)n(COC(=O)C(C)(C)C)c2n1. The molecular formula is C22H26ClN5O2. The van der Waals surface area contributed by atoms with Gasteiger partial charge >= 0.3 is 5.97 Å². The van der Waals surface area contributed by atoms with Crippen LogP contribution in [0.2, 0.25) is 5.15 Å². The Kier molecular flexibility index (Phi) is 6.47. The van der Waals surface area contributed by atoms with Crippen LogP contribution in [0.1, 0.15) is 52.8 Å². The molecule has 0 aliphatic heterocycles. The van der Waals surface area contributed by atoms with E-state index in [4.69, 9.17) is 16.3 Å². The van der Waals surface area contributed by atoms with Crippen LogP contribution in [0.4, 0.5) is 0 Å². The van der Waals surface area contributed by atoms with E-state index in [0.29, 0.717) is 22.8 Å². The molecule has 0 amide bonds. The van der Waals surface area contributed by atoms with E-state index in [9.17, 15) is 4.79 Å². The molecule has 0 fully saturated rings. The Labute approximate surface area is 181 Å². The number of nitrogens with zero attached hydrogens (tertiary/aromatic N) is 5. The first-order chi connectivity index (χ1) is 14.2. The minimum atomic E-state index is -0.621. The molecule has 7 nitrogen and oxygen atoms in total. The van der Waals surface area contributed by atoms with Gasteiger partial charge in [0.05, 0.1) is 11.1 Å². The van der Waals surface area contributed by atoms with E-state index in [-0.39, 0.29) is 17.9 Å². The highest BCUT2D eigenvalue weighted by atomic mass is 35.5. The molecule has 3 rings (SSSR count). The Bertz CT molecular complexity index is 1130. The highest BCUT2D eigenvalue weighted by Crippen LogP contribution is 2.28. The molecule has 0 N–H and O–H groups in total. The van der Waals surface area contributed by atoms with Crippen molar-refractivity contribution in [3.05, 3.63) is 29.3 Å². The first-order valence-electron chi connectivity index (χ1n) is 9.94. The second kappa shape index (κ2) is 8.88. The largest absolute Gasteiger partial charge is 0.443 e. The molecule has 3 aromatic heterocycles. The molecule has 8 heteroatoms. The molecule has 158 valence electrons. The minimum Gasteiger partial charge on any atom is -0.443 e. The van der Waals surface area contributed by atoms with Gasteiger partial charge in [-0.25, -0.2) is 15.0 Å². The van der Waals surface area contributed by atoms with Gasteiger partial charge in [-0.15, -0.1) is 0 Å². The normalized spacial score (nSPS) is 11.4. The second-order valence-corrected chi connectivity index (χ2v) is 8.45. The maximum Gasteiger partial charge on any atom is 0.312 e. The minimum absolute atomic E-state index is 0.0385. The lowest BCUT2D eigenvalue weighted by Crippen LogP contribution is -2.24. The summed E-state index contributed by atoms with van der Waals surface area (Å²) < 4.78 is 9.23. The molecular weight excluding hydrogens is 402 g/mol. The van der Waals surface area contributed by atoms with E-state index in [1.54, 1.807) is 4.57 Å². The zero-order valence-corrected chi connectivity index (χ0v) is 18.7. The van der Waals surface area contributed by atoms with Crippen LogP contribution in [-0.4, -0.2) is 30.1 Å². The monoisotopic (exact) mass is 427 g/mol. The molecule has 3 heterocycles. The molecule has 0 saturated carbocycles. The summed E-state index contributed by atoms with van der Waals surface area (Å²) in [4.78, 5) is 25.9. The zero-order chi connectivity index (χ0) is 21.9. The van der Waals surface area contributed by atoms with E-state index in [1.165, 1.54) is 0 Å². The third-order valence-electron chi connectivity index (χ3n) is 4.52. The number of imidazole rings is 1. The maximum absolute atomic E-state index is 12.4. The lowest BCUT2D eigenvalue weighted by molar-refractivity contribution is -0.156. The van der Waals surface area contributed by atoms with Crippen molar-refractivity contribution in [1.29, 1.82) is 0 Å². The van der Waals surface area contributed by atoms with Gasteiger partial charge in [-0.05, 0) is 45.2 Å². The first-order valence-corrected chi connectivity index (χ1v) is 10.3. The van der Waals surface area contributed by atoms with Crippen LogP contribution in [0, 0.1) is 17.3 Å². The third kappa shape index (κ3) is 4.65. The van der Waals surface area contributed by atoms with Crippen molar-refractivity contribution in [3.63, 3.8) is 0 Å². The molecule has 0 spiro atoms. The highest BCUT2D eigenvalue weighted by Gasteiger charge is 2.25. The van der Waals surface area contributed by atoms with Gasteiger partial charge in [0.15, 0.2) is 23.4 Å². The van der Waals surface area contributed by atoms with Crippen molar-refractivity contribution < 1.29 is 9.53 Å². The number of hydrogen-bond acceptors (Lipinski definition) is 5. The number of carbonyl (C=O) groups excluding carboxylic acids is 1. The number of hydrogen-bond donors (Lipinski definition) is 0. The molecule has 3 aromatic rings. The molecule has 0 saturated heterocycles. The number of carbonyl (C=O) groups is 1. The highest BCUT2D eigenvalue weighted by molar-refractivity contribution is 6.33. The predicted molar refractivity (Wildman–Crippen MR) is 117 cm³/mol. The zero-order valence-electron chi connectivity index (χ0n) is 18.0. The number of rotatable bonds is 5. The summed E-state index contributed by atoms with van der Waals surface area (Å²) in [5, 5.41) is 0.219. The second-order valence-electron chi connectivity index (χ2n) is 8.09. The van der Waals surface area contributed by atoms with Gasteiger partial charge in [0.2, 0.25) is 5.82 Å². The molecule has 0 unspecified atom stereocenters. The Morgan fingerprint density at radius 3 is 2.67 bits per heavy atom. The standard InChI is InChI=1S/C22H26ClN5O2/c1-6-7-8-9-12-16-24-18(23)17-20(25-16)28(14-30-21(29)22(2,3)4)19(26-17)15-11-10-13-27(15)5/h10-11,13H,6-8,14H2,1-5H3. The van der Waals surface area contributed by atoms with Crippen LogP contribution in [0.25, 0.3) is 22.7 Å². The average Bonchev–Trinajstić information content (AvgIpc) is 3.26. The van der Waals surface area contributed by atoms with Crippen molar-refractivity contribution in [1.82, 2.24) is 24.1 Å². The van der Waals surface area contributed by atoms with Gasteiger partial charge in [0, 0.05) is 19.7 Å². The van der Waals surface area contributed by atoms with Gasteiger partial charge in [0.25, 0.3) is 0 Å². The predicted octanol–water partition coefficient (Wildman–Crippen LogP) is 4.57. The topological polar surface area (TPSA) is 74.8 Å². The van der Waals surface area contributed by atoms with Gasteiger partial charge in [-0.1, -0.05) is 30.9 Å². The summed E-state index contributed by atoms with van der Waals surface area (Å²) >= 11 is 6.41. The van der Waals surface area contributed by atoms with Crippen LogP contribution < -0.4 is 0 Å². The molecule has 30 heavy (non-hydrogen) atoms. The number of unbranched alkanes of at least 4 members (excludes halogenated alkanes) is 2. The van der Waals surface area contributed by atoms with E-state index in [1.807, 2.05) is 50.7 Å². The van der Waals surface area contributed by atoms with Crippen LogP contribution in [0.15, 0.2) is 18.3 Å². The van der Waals surface area contributed by atoms with Gasteiger partial charge in [0.1, 0.15) is 5.52 Å². The number of aryl methyl sites for hydroxylation is 1. The van der Waals surface area contributed by atoms with E-state index in [2.05, 4.69) is 33.7 Å². The molecule has 0 aliphatic rings. The fourth-order valence-electron chi connectivity index (χ4n) is 2.78. The van der Waals surface area contributed by atoms with Crippen molar-refractivity contribution in [2.75, 3.05) is 0 Å². The maximum atomic E-state index is 12.4. The first kappa shape index (κ1) is 21.8. The fourth-order valence-corrected chi connectivity index (χ4v) is 2.99. The number of ether oxygens (including phenoxy) is 1. The van der Waals surface area contributed by atoms with Crippen LogP contribution in [0.3, 0.4) is 0 Å². The summed E-state index contributed by atoms with van der Waals surface area (Å²) in [5.74, 6) is 6.64. The Hall–Kier alpha value is -2.85. The lowest BCUT2D eigenvalue weighted by atomic mass is 9.98.